The van der Waals surface area contributed by atoms with E-state index in [1.807, 2.05) is 30.3 Å². The summed E-state index contributed by atoms with van der Waals surface area (Å²) in [6.07, 6.45) is 0. The largest absolute Gasteiger partial charge is 0.462 e. The van der Waals surface area contributed by atoms with Crippen molar-refractivity contribution in [3.63, 3.8) is 0 Å². The first kappa shape index (κ1) is 21.9. The summed E-state index contributed by atoms with van der Waals surface area (Å²) >= 11 is 12.6. The van der Waals surface area contributed by atoms with E-state index in [0.29, 0.717) is 32.3 Å². The third kappa shape index (κ3) is 4.66. The van der Waals surface area contributed by atoms with Crippen LogP contribution in [0, 0.1) is 0 Å². The summed E-state index contributed by atoms with van der Waals surface area (Å²) < 4.78 is 10.5. The van der Waals surface area contributed by atoms with Gasteiger partial charge in [-0.15, -0.1) is 0 Å². The molecule has 4 nitrogen and oxygen atoms in total. The highest BCUT2D eigenvalue weighted by Crippen LogP contribution is 2.37. The van der Waals surface area contributed by atoms with Crippen molar-refractivity contribution in [3.8, 4) is 22.3 Å². The zero-order valence-electron chi connectivity index (χ0n) is 16.6. The van der Waals surface area contributed by atoms with Crippen LogP contribution in [0.15, 0.2) is 60.7 Å². The second kappa shape index (κ2) is 9.79. The Balaban J connectivity index is 2.35. The molecule has 3 rings (SSSR count). The molecule has 154 valence electrons. The van der Waals surface area contributed by atoms with Gasteiger partial charge in [0.15, 0.2) is 0 Å². The lowest BCUT2D eigenvalue weighted by atomic mass is 9.90. The number of hydrogen-bond donors (Lipinski definition) is 0. The maximum absolute atomic E-state index is 12.8. The van der Waals surface area contributed by atoms with Gasteiger partial charge in [0.25, 0.3) is 0 Å². The molecule has 0 aliphatic carbocycles. The first-order valence-electron chi connectivity index (χ1n) is 9.49. The van der Waals surface area contributed by atoms with Crippen LogP contribution in [0.25, 0.3) is 22.3 Å². The number of benzene rings is 3. The van der Waals surface area contributed by atoms with Crippen LogP contribution in [-0.4, -0.2) is 25.2 Å². The third-order valence-electron chi connectivity index (χ3n) is 4.45. The number of carbonyl (C=O) groups is 2. The van der Waals surface area contributed by atoms with Gasteiger partial charge in [-0.1, -0.05) is 53.5 Å². The highest BCUT2D eigenvalue weighted by molar-refractivity contribution is 6.35. The van der Waals surface area contributed by atoms with Gasteiger partial charge in [0.2, 0.25) is 0 Å². The fourth-order valence-corrected chi connectivity index (χ4v) is 3.53. The number of hydrogen-bond acceptors (Lipinski definition) is 4. The number of esters is 2. The van der Waals surface area contributed by atoms with Gasteiger partial charge in [-0.05, 0) is 60.9 Å². The zero-order valence-corrected chi connectivity index (χ0v) is 18.1. The molecule has 6 heteroatoms. The van der Waals surface area contributed by atoms with Crippen LogP contribution in [-0.2, 0) is 9.47 Å². The molecule has 0 N–H and O–H groups in total. The maximum Gasteiger partial charge on any atom is 0.338 e. The molecule has 0 atom stereocenters. The molecule has 0 saturated heterocycles. The Kier molecular flexibility index (Phi) is 7.14. The van der Waals surface area contributed by atoms with Gasteiger partial charge in [-0.3, -0.25) is 0 Å². The molecule has 0 spiro atoms. The quantitative estimate of drug-likeness (QED) is 0.399. The molecular formula is C24H20Cl2O4. The summed E-state index contributed by atoms with van der Waals surface area (Å²) in [4.78, 5) is 25.6. The molecule has 0 radical (unpaired) electrons. The molecule has 0 unspecified atom stereocenters. The summed E-state index contributed by atoms with van der Waals surface area (Å²) in [5, 5.41) is 0.848. The van der Waals surface area contributed by atoms with Crippen LogP contribution >= 0.6 is 23.2 Å². The van der Waals surface area contributed by atoms with Gasteiger partial charge in [0.1, 0.15) is 0 Å². The van der Waals surface area contributed by atoms with E-state index in [0.717, 1.165) is 5.56 Å². The van der Waals surface area contributed by atoms with Gasteiger partial charge < -0.3 is 9.47 Å². The Bertz CT molecular complexity index is 1080. The zero-order chi connectivity index (χ0) is 21.7. The van der Waals surface area contributed by atoms with Gasteiger partial charge in [0, 0.05) is 15.6 Å². The monoisotopic (exact) mass is 442 g/mol. The molecule has 3 aromatic rings. The molecule has 0 aromatic heterocycles. The van der Waals surface area contributed by atoms with E-state index in [9.17, 15) is 9.59 Å². The van der Waals surface area contributed by atoms with E-state index in [4.69, 9.17) is 32.7 Å². The van der Waals surface area contributed by atoms with E-state index in [2.05, 4.69) is 0 Å². The summed E-state index contributed by atoms with van der Waals surface area (Å²) in [5.74, 6) is -1.01. The van der Waals surface area contributed by atoms with Crippen molar-refractivity contribution in [2.45, 2.75) is 13.8 Å². The molecule has 0 aliphatic heterocycles. The number of halogens is 2. The van der Waals surface area contributed by atoms with Crippen LogP contribution in [0.5, 0.6) is 0 Å². The first-order valence-corrected chi connectivity index (χ1v) is 10.2. The molecule has 30 heavy (non-hydrogen) atoms. The molecule has 0 aliphatic rings. The van der Waals surface area contributed by atoms with Crippen molar-refractivity contribution in [2.24, 2.45) is 0 Å². The van der Waals surface area contributed by atoms with Crippen molar-refractivity contribution in [3.05, 3.63) is 81.8 Å². The molecule has 0 fully saturated rings. The summed E-state index contributed by atoms with van der Waals surface area (Å²) in [6.45, 7) is 3.90. The average Bonchev–Trinajstić information content (AvgIpc) is 2.75. The van der Waals surface area contributed by atoms with Crippen LogP contribution in [0.3, 0.4) is 0 Å². The number of rotatable bonds is 6. The molecule has 0 heterocycles. The maximum atomic E-state index is 12.8. The number of carbonyl (C=O) groups excluding carboxylic acids is 2. The Hall–Kier alpha value is -2.82. The van der Waals surface area contributed by atoms with Crippen LogP contribution in [0.2, 0.25) is 10.0 Å². The lowest BCUT2D eigenvalue weighted by molar-refractivity contribution is 0.0513. The summed E-state index contributed by atoms with van der Waals surface area (Å²) in [5.41, 5.74) is 2.92. The predicted octanol–water partition coefficient (Wildman–Crippen LogP) is 6.68. The lowest BCUT2D eigenvalue weighted by Crippen LogP contribution is -2.12. The average molecular weight is 443 g/mol. The Morgan fingerprint density at radius 2 is 1.30 bits per heavy atom. The van der Waals surface area contributed by atoms with E-state index >= 15 is 0 Å². The highest BCUT2D eigenvalue weighted by Gasteiger charge is 2.23. The fourth-order valence-electron chi connectivity index (χ4n) is 3.14. The minimum Gasteiger partial charge on any atom is -0.462 e. The lowest BCUT2D eigenvalue weighted by Gasteiger charge is -2.17. The SMILES string of the molecule is CCOC(=O)c1cc(-c2cc(Cl)ccc2Cl)c(C(=O)OCC)cc1-c1ccccc1. The Morgan fingerprint density at radius 3 is 1.90 bits per heavy atom. The van der Waals surface area contributed by atoms with E-state index in [1.165, 1.54) is 0 Å². The first-order chi connectivity index (χ1) is 14.5. The summed E-state index contributed by atoms with van der Waals surface area (Å²) in [7, 11) is 0. The minimum atomic E-state index is -0.517. The van der Waals surface area contributed by atoms with Gasteiger partial charge in [-0.2, -0.15) is 0 Å². The molecule has 0 saturated carbocycles. The van der Waals surface area contributed by atoms with Crippen molar-refractivity contribution in [2.75, 3.05) is 13.2 Å². The highest BCUT2D eigenvalue weighted by atomic mass is 35.5. The second-order valence-corrected chi connectivity index (χ2v) is 7.22. The van der Waals surface area contributed by atoms with Crippen molar-refractivity contribution in [1.82, 2.24) is 0 Å². The van der Waals surface area contributed by atoms with Crippen molar-refractivity contribution >= 4 is 35.1 Å². The van der Waals surface area contributed by atoms with Gasteiger partial charge in [-0.25, -0.2) is 9.59 Å². The topological polar surface area (TPSA) is 52.6 Å². The molecular weight excluding hydrogens is 423 g/mol. The minimum absolute atomic E-state index is 0.210. The smallest absolute Gasteiger partial charge is 0.338 e. The van der Waals surface area contributed by atoms with E-state index in [1.54, 1.807) is 44.2 Å². The van der Waals surface area contributed by atoms with Gasteiger partial charge >= 0.3 is 11.9 Å². The van der Waals surface area contributed by atoms with Crippen molar-refractivity contribution < 1.29 is 19.1 Å². The van der Waals surface area contributed by atoms with Crippen molar-refractivity contribution in [1.29, 1.82) is 0 Å². The normalized spacial score (nSPS) is 10.5. The van der Waals surface area contributed by atoms with E-state index in [-0.39, 0.29) is 18.8 Å². The fraction of sp³-hybridized carbons (Fsp3) is 0.167. The van der Waals surface area contributed by atoms with Crippen LogP contribution in [0.1, 0.15) is 34.6 Å². The third-order valence-corrected chi connectivity index (χ3v) is 5.02. The molecule has 0 bridgehead atoms. The standard InChI is InChI=1S/C24H20Cl2O4/c1-3-29-23(27)20-14-18(19-12-16(25)10-11-22(19)26)21(24(28)30-4-2)13-17(20)15-8-6-5-7-9-15/h5-14H,3-4H2,1-2H3. The predicted molar refractivity (Wildman–Crippen MR) is 119 cm³/mol. The Labute approximate surface area is 185 Å². The summed E-state index contributed by atoms with van der Waals surface area (Å²) in [6, 6.07) is 17.5. The van der Waals surface area contributed by atoms with E-state index < -0.39 is 11.9 Å². The van der Waals surface area contributed by atoms with Gasteiger partial charge in [0.05, 0.1) is 24.3 Å². The molecule has 0 amide bonds. The van der Waals surface area contributed by atoms with Crippen LogP contribution < -0.4 is 0 Å². The molecule has 3 aromatic carbocycles. The number of ether oxygens (including phenoxy) is 2. The van der Waals surface area contributed by atoms with Crippen LogP contribution in [0.4, 0.5) is 0 Å². The Morgan fingerprint density at radius 1 is 0.733 bits per heavy atom. The second-order valence-electron chi connectivity index (χ2n) is 6.37.